The summed E-state index contributed by atoms with van der Waals surface area (Å²) in [6.45, 7) is -6.08. The van der Waals surface area contributed by atoms with Gasteiger partial charge < -0.3 is 0 Å². The number of rotatable bonds is 1. The third-order valence-electron chi connectivity index (χ3n) is 0.0417. The first-order valence-electron chi connectivity index (χ1n) is 3.12. The molecule has 0 rings (SSSR count). The first kappa shape index (κ1) is 0.533. The fourth-order valence-electron chi connectivity index (χ4n) is 0. The van der Waals surface area contributed by atoms with E-state index in [0.29, 0.717) is 0 Å². The molecule has 0 spiro atoms. The molecule has 4 heavy (non-hydrogen) atoms. The maximum Gasteiger partial charge on any atom is 0.0826 e. The van der Waals surface area contributed by atoms with Crippen LogP contribution in [0.3, 0.4) is 0 Å². The molecular weight excluding hydrogens is 56.0 g/mol. The average molecular weight is 66.1 g/mol. The molecule has 0 aromatic carbocycles. The van der Waals surface area contributed by atoms with E-state index in [0.717, 1.165) is 0 Å². The Morgan fingerprint density at radius 1 is 2.75 bits per heavy atom. The zero-order valence-electron chi connectivity index (χ0n) is 6.82. The van der Waals surface area contributed by atoms with E-state index in [1.807, 2.05) is 0 Å². The van der Waals surface area contributed by atoms with Crippen LogP contribution in [0.25, 0.3) is 0 Å². The van der Waals surface area contributed by atoms with Gasteiger partial charge in [0.2, 0.25) is 0 Å². The first-order valence-corrected chi connectivity index (χ1v) is 0.621. The number of hydrogen-bond donors (Lipinski definition) is 0. The van der Waals surface area contributed by atoms with Gasteiger partial charge in [-0.15, -0.1) is 0 Å². The highest BCUT2D eigenvalue weighted by atomic mass is 17.1. The molecule has 0 unspecified atom stereocenters. The minimum Gasteiger partial charge on any atom is -0.204 e. The normalized spacial score (nSPS) is 32.8. The second-order valence-electron chi connectivity index (χ2n) is 0.185. The lowest BCUT2D eigenvalue weighted by atomic mass is 10.9. The van der Waals surface area contributed by atoms with Crippen LogP contribution in [0.2, 0.25) is 0 Å². The summed E-state index contributed by atoms with van der Waals surface area (Å²) < 4.78 is 31.9. The lowest BCUT2D eigenvalue weighted by Gasteiger charge is -1.68. The van der Waals surface area contributed by atoms with Gasteiger partial charge in [0.15, 0.2) is 0 Å². The predicted octanol–water partition coefficient (Wildman–Crippen LogP) is 0.368. The molecule has 0 fully saturated rings. The molecule has 0 saturated carbocycles. The van der Waals surface area contributed by atoms with Crippen molar-refractivity contribution in [3.05, 3.63) is 0 Å². The van der Waals surface area contributed by atoms with Crippen LogP contribution in [-0.2, 0) is 10.1 Å². The highest BCUT2D eigenvalue weighted by molar-refractivity contribution is 3.88. The van der Waals surface area contributed by atoms with Crippen LogP contribution in [0.15, 0.2) is 0 Å². The minimum absolute atomic E-state index is 2.82. The second kappa shape index (κ2) is 2.92. The van der Waals surface area contributed by atoms with Crippen molar-refractivity contribution in [1.82, 2.24) is 0 Å². The van der Waals surface area contributed by atoms with Crippen LogP contribution in [0.5, 0.6) is 0 Å². The molecule has 0 aliphatic carbocycles. The summed E-state index contributed by atoms with van der Waals surface area (Å²) >= 11 is 0. The molecule has 25 valence electrons. The van der Waals surface area contributed by atoms with Gasteiger partial charge in [-0.2, -0.15) is 0 Å². The van der Waals surface area contributed by atoms with Gasteiger partial charge in [0.25, 0.3) is 0 Å². The molecule has 0 bridgehead atoms. The van der Waals surface area contributed by atoms with Crippen molar-refractivity contribution < 1.29 is 17.0 Å². The topological polar surface area (TPSA) is 29.1 Å². The molecule has 0 aromatic rings. The van der Waals surface area contributed by atoms with Crippen LogP contribution >= 0.6 is 0 Å². The molecule has 1 radical (unpaired) electrons. The van der Waals surface area contributed by atoms with Crippen LogP contribution in [0.1, 0.15) is 13.7 Å². The highest BCUT2D eigenvalue weighted by Crippen LogP contribution is 1.53. The van der Waals surface area contributed by atoms with Crippen molar-refractivity contribution in [2.75, 3.05) is 6.56 Å². The van der Waals surface area contributed by atoms with E-state index in [4.69, 9.17) is 6.85 Å². The monoisotopic (exact) mass is 66.1 g/mol. The Balaban J connectivity index is 4.14. The van der Waals surface area contributed by atoms with E-state index in [-0.39, 0.29) is 0 Å². The first-order chi connectivity index (χ1) is 3.81. The van der Waals surface area contributed by atoms with Crippen molar-refractivity contribution in [1.29, 1.82) is 0 Å². The fourth-order valence-corrected chi connectivity index (χ4v) is 0. The van der Waals surface area contributed by atoms with E-state index in [1.165, 1.54) is 0 Å². The summed E-state index contributed by atoms with van der Waals surface area (Å²) in [5, 5.41) is 9.36. The molecule has 0 N–H and O–H groups in total. The van der Waals surface area contributed by atoms with E-state index in [2.05, 4.69) is 4.89 Å². The molecule has 0 saturated heterocycles. The van der Waals surface area contributed by atoms with E-state index < -0.39 is 13.4 Å². The van der Waals surface area contributed by atoms with Gasteiger partial charge in [0.05, 0.1) is 9.30 Å². The SMILES string of the molecule is [2H]C([2H])([2H])C([2H])([2H])O[O]. The van der Waals surface area contributed by atoms with Crippen molar-refractivity contribution in [2.24, 2.45) is 0 Å². The van der Waals surface area contributed by atoms with Crippen LogP contribution in [0.4, 0.5) is 0 Å². The van der Waals surface area contributed by atoms with Gasteiger partial charge in [0, 0.05) is 4.11 Å². The lowest BCUT2D eigenvalue weighted by Crippen LogP contribution is -1.72. The molecule has 2 heteroatoms. The highest BCUT2D eigenvalue weighted by Gasteiger charge is 1.57. The summed E-state index contributed by atoms with van der Waals surface area (Å²) in [5.74, 6) is 0. The van der Waals surface area contributed by atoms with E-state index in [1.54, 1.807) is 0 Å². The molecule has 0 atom stereocenters. The maximum atomic E-state index is 9.36. The van der Waals surface area contributed by atoms with Gasteiger partial charge in [-0.25, -0.2) is 4.89 Å². The van der Waals surface area contributed by atoms with Gasteiger partial charge in [-0.3, -0.25) is 0 Å². The fraction of sp³-hybridized carbons (Fsp3) is 1.00. The zero-order valence-corrected chi connectivity index (χ0v) is 1.82. The Labute approximate surface area is 32.0 Å². The van der Waals surface area contributed by atoms with Gasteiger partial charge in [-0.1, -0.05) is 0 Å². The quantitative estimate of drug-likeness (QED) is 0.321. The lowest BCUT2D eigenvalue weighted by molar-refractivity contribution is -0.299. The van der Waals surface area contributed by atoms with Crippen molar-refractivity contribution >= 4 is 0 Å². The Morgan fingerprint density at radius 3 is 3.50 bits per heavy atom. The molecule has 0 aliphatic rings. The van der Waals surface area contributed by atoms with Gasteiger partial charge in [-0.05, 0) is 12.1 Å². The molecule has 2 nitrogen and oxygen atoms in total. The summed E-state index contributed by atoms with van der Waals surface area (Å²) in [7, 11) is 0. The Kier molecular flexibility index (Phi) is 0.389. The molecule has 0 aromatic heterocycles. The third-order valence-corrected chi connectivity index (χ3v) is 0.0417. The van der Waals surface area contributed by atoms with Gasteiger partial charge in [0.1, 0.15) is 0 Å². The van der Waals surface area contributed by atoms with Gasteiger partial charge >= 0.3 is 0 Å². The van der Waals surface area contributed by atoms with Crippen LogP contribution in [-0.4, -0.2) is 6.56 Å². The average Bonchev–Trinajstić information content (AvgIpc) is 1.64. The van der Waals surface area contributed by atoms with Crippen LogP contribution < -0.4 is 0 Å². The maximum absolute atomic E-state index is 9.36. The van der Waals surface area contributed by atoms with Crippen molar-refractivity contribution in [3.63, 3.8) is 0 Å². The van der Waals surface area contributed by atoms with Crippen molar-refractivity contribution in [2.45, 2.75) is 6.85 Å². The Morgan fingerprint density at radius 2 is 3.50 bits per heavy atom. The summed E-state index contributed by atoms with van der Waals surface area (Å²) in [4.78, 5) is 2.82. The zero-order chi connectivity index (χ0) is 7.71. The standard InChI is InChI=1S/C2H5O2/c1-2-4-3/h2H2,1H3/i1D3,2D2. The summed E-state index contributed by atoms with van der Waals surface area (Å²) in [6, 6.07) is 0. The molecule has 0 aliphatic heterocycles. The molecular formula is C2H5O2. The number of hydrogen-bond acceptors (Lipinski definition) is 1. The summed E-state index contributed by atoms with van der Waals surface area (Å²) in [5.41, 5.74) is 0. The van der Waals surface area contributed by atoms with Crippen molar-refractivity contribution in [3.8, 4) is 0 Å². The predicted molar refractivity (Wildman–Crippen MR) is 12.3 cm³/mol. The minimum atomic E-state index is -3.08. The van der Waals surface area contributed by atoms with Crippen LogP contribution in [0, 0.1) is 0 Å². The third kappa shape index (κ3) is 1.92. The molecule has 0 amide bonds. The summed E-state index contributed by atoms with van der Waals surface area (Å²) in [6.07, 6.45) is 0. The largest absolute Gasteiger partial charge is 0.204 e. The smallest absolute Gasteiger partial charge is 0.0826 e. The van der Waals surface area contributed by atoms with E-state index in [9.17, 15) is 5.26 Å². The van der Waals surface area contributed by atoms with E-state index >= 15 is 0 Å². The Bertz CT molecular complexity index is 95.6. The Hall–Kier alpha value is -0.0800. The molecule has 0 heterocycles. The second-order valence-corrected chi connectivity index (χ2v) is 0.185.